The van der Waals surface area contributed by atoms with Crippen LogP contribution in [-0.4, -0.2) is 19.9 Å². The highest BCUT2D eigenvalue weighted by Gasteiger charge is 2.21. The summed E-state index contributed by atoms with van der Waals surface area (Å²) in [6.45, 7) is 0. The molecule has 0 fully saturated rings. The number of nitrogens with two attached hydrogens (primary N) is 2. The van der Waals surface area contributed by atoms with Gasteiger partial charge < -0.3 is 11.5 Å². The molecule has 0 amide bonds. The molecule has 4 rings (SSSR count). The number of pyridine rings is 1. The zero-order valence-electron chi connectivity index (χ0n) is 13.7. The number of nitrogens with zero attached hydrogens (tertiary/aromatic N) is 4. The third kappa shape index (κ3) is 3.20. The van der Waals surface area contributed by atoms with Crippen molar-refractivity contribution < 1.29 is 8.78 Å². The molecule has 3 aromatic heterocycles. The maximum Gasteiger partial charge on any atom is 0.220 e. The lowest BCUT2D eigenvalue weighted by Gasteiger charge is -2.05. The van der Waals surface area contributed by atoms with E-state index in [0.717, 1.165) is 6.20 Å². The fourth-order valence-electron chi connectivity index (χ4n) is 2.52. The molecule has 0 radical (unpaired) electrons. The summed E-state index contributed by atoms with van der Waals surface area (Å²) >= 11 is 1.24. The molecule has 0 aliphatic carbocycles. The quantitative estimate of drug-likeness (QED) is 0.523. The Bertz CT molecular complexity index is 1130. The molecular formula is C18H12F2N6S. The van der Waals surface area contributed by atoms with Crippen LogP contribution in [0.15, 0.2) is 48.8 Å². The fourth-order valence-corrected chi connectivity index (χ4v) is 3.55. The molecule has 4 aromatic rings. The maximum atomic E-state index is 14.6. The third-order valence-corrected chi connectivity index (χ3v) is 4.86. The number of rotatable bonds is 3. The number of nitrogen functional groups attached to an aromatic ring is 2. The minimum absolute atomic E-state index is 0.00936. The van der Waals surface area contributed by atoms with Crippen molar-refractivity contribution in [1.82, 2.24) is 19.9 Å². The van der Waals surface area contributed by atoms with E-state index in [4.69, 9.17) is 11.5 Å². The summed E-state index contributed by atoms with van der Waals surface area (Å²) in [7, 11) is 0. The summed E-state index contributed by atoms with van der Waals surface area (Å²) in [5, 5.41) is 0.485. The van der Waals surface area contributed by atoms with Crippen LogP contribution >= 0.6 is 11.3 Å². The lowest BCUT2D eigenvalue weighted by atomic mass is 10.1. The molecule has 4 N–H and O–H groups in total. The second-order valence-electron chi connectivity index (χ2n) is 5.57. The Morgan fingerprint density at radius 3 is 2.48 bits per heavy atom. The lowest BCUT2D eigenvalue weighted by molar-refractivity contribution is 0.622. The van der Waals surface area contributed by atoms with Gasteiger partial charge in [-0.05, 0) is 30.3 Å². The standard InChI is InChI=1S/C18H12F2N6S/c19-9-4-5-13(24-8-9)17-26-15(10-2-1-3-11(21)14(10)20)16(27-17)12-6-7-23-18(22)25-12/h1-8H,21H2,(H2,22,23,25). The van der Waals surface area contributed by atoms with E-state index in [9.17, 15) is 8.78 Å². The molecule has 3 heterocycles. The summed E-state index contributed by atoms with van der Waals surface area (Å²) < 4.78 is 27.8. The predicted molar refractivity (Wildman–Crippen MR) is 101 cm³/mol. The van der Waals surface area contributed by atoms with E-state index in [1.165, 1.54) is 35.7 Å². The minimum Gasteiger partial charge on any atom is -0.396 e. The monoisotopic (exact) mass is 382 g/mol. The van der Waals surface area contributed by atoms with Crippen LogP contribution in [0.1, 0.15) is 0 Å². The zero-order chi connectivity index (χ0) is 19.0. The summed E-state index contributed by atoms with van der Waals surface area (Å²) in [5.41, 5.74) is 12.9. The van der Waals surface area contributed by atoms with E-state index >= 15 is 0 Å². The van der Waals surface area contributed by atoms with Gasteiger partial charge in [0.25, 0.3) is 0 Å². The van der Waals surface area contributed by atoms with Gasteiger partial charge in [0.2, 0.25) is 5.95 Å². The first-order valence-corrected chi connectivity index (χ1v) is 8.60. The van der Waals surface area contributed by atoms with Crippen molar-refractivity contribution in [2.45, 2.75) is 0 Å². The zero-order valence-corrected chi connectivity index (χ0v) is 14.5. The average Bonchev–Trinajstić information content (AvgIpc) is 3.10. The van der Waals surface area contributed by atoms with Crippen LogP contribution in [0.4, 0.5) is 20.4 Å². The molecule has 27 heavy (non-hydrogen) atoms. The minimum atomic E-state index is -0.579. The van der Waals surface area contributed by atoms with E-state index in [1.807, 2.05) is 0 Å². The van der Waals surface area contributed by atoms with Crippen LogP contribution in [0.25, 0.3) is 32.5 Å². The van der Waals surface area contributed by atoms with Gasteiger partial charge in [0.05, 0.1) is 33.8 Å². The molecule has 6 nitrogen and oxygen atoms in total. The van der Waals surface area contributed by atoms with Gasteiger partial charge >= 0.3 is 0 Å². The Balaban J connectivity index is 1.95. The summed E-state index contributed by atoms with van der Waals surface area (Å²) in [6, 6.07) is 9.13. The van der Waals surface area contributed by atoms with Crippen molar-refractivity contribution in [1.29, 1.82) is 0 Å². The lowest BCUT2D eigenvalue weighted by Crippen LogP contribution is -1.97. The van der Waals surface area contributed by atoms with E-state index in [-0.39, 0.29) is 17.2 Å². The molecule has 0 aliphatic rings. The average molecular weight is 382 g/mol. The first kappa shape index (κ1) is 17.0. The van der Waals surface area contributed by atoms with Crippen molar-refractivity contribution in [3.8, 4) is 32.5 Å². The Hall–Kier alpha value is -3.46. The Morgan fingerprint density at radius 2 is 1.74 bits per heavy atom. The molecule has 1 aromatic carbocycles. The molecular weight excluding hydrogens is 370 g/mol. The molecule has 0 aliphatic heterocycles. The van der Waals surface area contributed by atoms with Crippen LogP contribution < -0.4 is 11.5 Å². The van der Waals surface area contributed by atoms with Crippen molar-refractivity contribution in [2.75, 3.05) is 11.5 Å². The van der Waals surface area contributed by atoms with Crippen LogP contribution in [0, 0.1) is 11.6 Å². The molecule has 9 heteroatoms. The summed E-state index contributed by atoms with van der Waals surface area (Å²) in [4.78, 5) is 17.2. The number of halogens is 2. The number of hydrogen-bond acceptors (Lipinski definition) is 7. The van der Waals surface area contributed by atoms with E-state index < -0.39 is 11.6 Å². The molecule has 0 saturated carbocycles. The van der Waals surface area contributed by atoms with Gasteiger partial charge in [-0.15, -0.1) is 11.3 Å². The number of hydrogen-bond donors (Lipinski definition) is 2. The Morgan fingerprint density at radius 1 is 0.889 bits per heavy atom. The normalized spacial score (nSPS) is 10.9. The van der Waals surface area contributed by atoms with Gasteiger partial charge in [0.15, 0.2) is 5.82 Å². The summed E-state index contributed by atoms with van der Waals surface area (Å²) in [5.74, 6) is -0.952. The third-order valence-electron chi connectivity index (χ3n) is 3.76. The number of anilines is 2. The molecule has 0 unspecified atom stereocenters. The van der Waals surface area contributed by atoms with Gasteiger partial charge in [0, 0.05) is 11.8 Å². The maximum absolute atomic E-state index is 14.6. The first-order valence-electron chi connectivity index (χ1n) is 7.79. The van der Waals surface area contributed by atoms with Crippen molar-refractivity contribution in [3.05, 3.63) is 60.4 Å². The van der Waals surface area contributed by atoms with Crippen molar-refractivity contribution in [3.63, 3.8) is 0 Å². The van der Waals surface area contributed by atoms with Gasteiger partial charge in [-0.2, -0.15) is 0 Å². The largest absolute Gasteiger partial charge is 0.396 e. The molecule has 0 bridgehead atoms. The number of aromatic nitrogens is 4. The van der Waals surface area contributed by atoms with Crippen LogP contribution in [0.5, 0.6) is 0 Å². The molecule has 134 valence electrons. The summed E-state index contributed by atoms with van der Waals surface area (Å²) in [6.07, 6.45) is 2.60. The van der Waals surface area contributed by atoms with Crippen LogP contribution in [-0.2, 0) is 0 Å². The number of benzene rings is 1. The highest BCUT2D eigenvalue weighted by molar-refractivity contribution is 7.18. The fraction of sp³-hybridized carbons (Fsp3) is 0. The van der Waals surface area contributed by atoms with Gasteiger partial charge in [-0.1, -0.05) is 6.07 Å². The molecule has 0 atom stereocenters. The van der Waals surface area contributed by atoms with Crippen LogP contribution in [0.2, 0.25) is 0 Å². The Labute approximate surface area is 156 Å². The van der Waals surface area contributed by atoms with Gasteiger partial charge in [-0.25, -0.2) is 23.7 Å². The van der Waals surface area contributed by atoms with Gasteiger partial charge in [-0.3, -0.25) is 4.98 Å². The second kappa shape index (κ2) is 6.69. The molecule has 0 saturated heterocycles. The number of thiazole rings is 1. The highest BCUT2D eigenvalue weighted by atomic mass is 32.1. The van der Waals surface area contributed by atoms with E-state index in [0.29, 0.717) is 27.0 Å². The van der Waals surface area contributed by atoms with Crippen LogP contribution in [0.3, 0.4) is 0 Å². The smallest absolute Gasteiger partial charge is 0.220 e. The Kier molecular flexibility index (Phi) is 4.21. The predicted octanol–water partition coefficient (Wildman–Crippen LogP) is 3.77. The van der Waals surface area contributed by atoms with E-state index in [1.54, 1.807) is 18.2 Å². The highest BCUT2D eigenvalue weighted by Crippen LogP contribution is 2.40. The van der Waals surface area contributed by atoms with Crippen molar-refractivity contribution in [2.24, 2.45) is 0 Å². The van der Waals surface area contributed by atoms with Crippen molar-refractivity contribution >= 4 is 23.0 Å². The topological polar surface area (TPSA) is 104 Å². The first-order chi connectivity index (χ1) is 13.0. The van der Waals surface area contributed by atoms with Gasteiger partial charge in [0.1, 0.15) is 10.8 Å². The SMILES string of the molecule is Nc1nccc(-c2sc(-c3ccc(F)cn3)nc2-c2cccc(N)c2F)n1. The van der Waals surface area contributed by atoms with E-state index in [2.05, 4.69) is 19.9 Å². The second-order valence-corrected chi connectivity index (χ2v) is 6.57. The molecule has 0 spiro atoms.